The zero-order valence-electron chi connectivity index (χ0n) is 23.6. The normalized spacial score (nSPS) is 15.0. The van der Waals surface area contributed by atoms with Crippen LogP contribution < -0.4 is 11.1 Å². The van der Waals surface area contributed by atoms with Gasteiger partial charge in [-0.05, 0) is 76.9 Å². The number of hydrogen-bond acceptors (Lipinski definition) is 8. The molecule has 0 radical (unpaired) electrons. The number of benzene rings is 1. The van der Waals surface area contributed by atoms with E-state index in [2.05, 4.69) is 34.0 Å². The molecule has 0 atom stereocenters. The second-order valence-electron chi connectivity index (χ2n) is 10.8. The average molecular weight is 603 g/mol. The molecule has 0 saturated carbocycles. The first kappa shape index (κ1) is 30.3. The first-order chi connectivity index (χ1) is 20.4. The fourth-order valence-electron chi connectivity index (χ4n) is 5.17. The van der Waals surface area contributed by atoms with E-state index in [1.807, 2.05) is 0 Å². The summed E-state index contributed by atoms with van der Waals surface area (Å²) in [4.78, 5) is 27.2. The quantitative estimate of drug-likeness (QED) is 0.148. The molecule has 0 aliphatic carbocycles. The molecule has 1 aliphatic heterocycles. The van der Waals surface area contributed by atoms with E-state index < -0.39 is 35.0 Å². The molecule has 9 nitrogen and oxygen atoms in total. The predicted octanol–water partition coefficient (Wildman–Crippen LogP) is 5.42. The fourth-order valence-corrected chi connectivity index (χ4v) is 5.17. The molecule has 1 aromatic carbocycles. The van der Waals surface area contributed by atoms with Crippen molar-refractivity contribution in [2.45, 2.75) is 57.7 Å². The highest BCUT2D eigenvalue weighted by molar-refractivity contribution is 6.03. The maximum atomic E-state index is 14.7. The molecule has 1 aliphatic rings. The number of nitrogens with one attached hydrogen (secondary N) is 1. The summed E-state index contributed by atoms with van der Waals surface area (Å²) in [5, 5.41) is 7.91. The summed E-state index contributed by atoms with van der Waals surface area (Å²) in [6, 6.07) is 7.68. The topological polar surface area (TPSA) is 114 Å². The Hall–Kier alpha value is -4.20. The van der Waals surface area contributed by atoms with E-state index in [4.69, 9.17) is 15.8 Å². The van der Waals surface area contributed by atoms with Gasteiger partial charge in [0.05, 0.1) is 11.3 Å². The largest absolute Gasteiger partial charge is 0.455 e. The second kappa shape index (κ2) is 12.2. The van der Waals surface area contributed by atoms with Gasteiger partial charge < -0.3 is 16.0 Å². The number of alkyl halides is 3. The number of nitrogens with zero attached hydrogens (tertiary/aromatic N) is 6. The monoisotopic (exact) mass is 602 g/mol. The van der Waals surface area contributed by atoms with Gasteiger partial charge in [-0.25, -0.2) is 23.7 Å². The van der Waals surface area contributed by atoms with Crippen LogP contribution >= 0.6 is 0 Å². The first-order valence-corrected chi connectivity index (χ1v) is 14.0. The van der Waals surface area contributed by atoms with Crippen LogP contribution in [-0.2, 0) is 6.42 Å². The fraction of sp³-hybridized carbons (Fsp3) is 0.414. The SMILES string of the molecule is CC(C)N1CCC(c2nc3cc(-c4ccc(F)cc4F)nc(NCCCc4ccc(C(=O)C(F)(F)F)c(N)n4)n3n2)CC1. The molecule has 3 N–H and O–H groups in total. The number of likely N-dealkylation sites (tertiary alicyclic amines) is 1. The summed E-state index contributed by atoms with van der Waals surface area (Å²) in [7, 11) is 0. The van der Waals surface area contributed by atoms with E-state index in [1.165, 1.54) is 12.1 Å². The molecule has 0 amide bonds. The van der Waals surface area contributed by atoms with Gasteiger partial charge in [-0.3, -0.25) is 4.79 Å². The van der Waals surface area contributed by atoms with E-state index in [1.54, 1.807) is 10.6 Å². The number of nitrogens with two attached hydrogens (primary N) is 1. The van der Waals surface area contributed by atoms with Crippen molar-refractivity contribution in [1.82, 2.24) is 29.5 Å². The van der Waals surface area contributed by atoms with Gasteiger partial charge >= 0.3 is 6.18 Å². The summed E-state index contributed by atoms with van der Waals surface area (Å²) in [6.45, 7) is 6.52. The van der Waals surface area contributed by atoms with Crippen LogP contribution in [0.2, 0.25) is 0 Å². The summed E-state index contributed by atoms with van der Waals surface area (Å²) >= 11 is 0. The third-order valence-corrected chi connectivity index (χ3v) is 7.55. The Morgan fingerprint density at radius 1 is 1.07 bits per heavy atom. The lowest BCUT2D eigenvalue weighted by Crippen LogP contribution is -2.38. The van der Waals surface area contributed by atoms with Crippen molar-refractivity contribution in [3.05, 3.63) is 65.1 Å². The maximum Gasteiger partial charge on any atom is 0.455 e. The van der Waals surface area contributed by atoms with Gasteiger partial charge in [-0.2, -0.15) is 17.7 Å². The van der Waals surface area contributed by atoms with Gasteiger partial charge in [-0.15, -0.1) is 5.10 Å². The lowest BCUT2D eigenvalue weighted by Gasteiger charge is -2.33. The Morgan fingerprint density at radius 2 is 1.81 bits per heavy atom. The Kier molecular flexibility index (Phi) is 8.58. The Balaban J connectivity index is 1.35. The maximum absolute atomic E-state index is 14.7. The molecule has 43 heavy (non-hydrogen) atoms. The van der Waals surface area contributed by atoms with E-state index in [-0.39, 0.29) is 17.2 Å². The average Bonchev–Trinajstić information content (AvgIpc) is 3.39. The standard InChI is InChI=1S/C29H31F5N8O/c1-16(2)41-12-9-17(10-13-41)27-39-24-15-23(20-7-5-18(30)14-22(20)31)38-28(42(24)40-27)36-11-3-4-19-6-8-21(26(35)37-19)25(43)29(32,33)34/h5-8,14-17H,3-4,9-13H2,1-2H3,(H2,35,37)(H,36,38). The Labute approximate surface area is 244 Å². The number of Topliss-reactive ketones (excluding diaryl/α,β-unsaturated/α-hetero) is 1. The molecule has 3 aromatic heterocycles. The van der Waals surface area contributed by atoms with Gasteiger partial charge in [0.2, 0.25) is 5.95 Å². The van der Waals surface area contributed by atoms with Crippen molar-refractivity contribution >= 4 is 23.2 Å². The molecular weight excluding hydrogens is 571 g/mol. The van der Waals surface area contributed by atoms with Crippen LogP contribution in [0.15, 0.2) is 36.4 Å². The van der Waals surface area contributed by atoms with Gasteiger partial charge in [0, 0.05) is 41.9 Å². The number of anilines is 2. The summed E-state index contributed by atoms with van der Waals surface area (Å²) in [6.07, 6.45) is -2.45. The molecule has 14 heteroatoms. The minimum atomic E-state index is -5.04. The molecular formula is C29H31F5N8O. The molecule has 0 spiro atoms. The molecule has 1 fully saturated rings. The summed E-state index contributed by atoms with van der Waals surface area (Å²) in [5.74, 6) is -2.89. The minimum Gasteiger partial charge on any atom is -0.383 e. The smallest absolute Gasteiger partial charge is 0.383 e. The number of ketones is 1. The molecule has 0 unspecified atom stereocenters. The zero-order valence-corrected chi connectivity index (χ0v) is 23.6. The molecule has 228 valence electrons. The van der Waals surface area contributed by atoms with Gasteiger partial charge in [-0.1, -0.05) is 0 Å². The van der Waals surface area contributed by atoms with Crippen LogP contribution in [0.5, 0.6) is 0 Å². The van der Waals surface area contributed by atoms with Gasteiger partial charge in [0.25, 0.3) is 5.78 Å². The number of fused-ring (bicyclic) bond motifs is 1. The van der Waals surface area contributed by atoms with Crippen LogP contribution in [0, 0.1) is 11.6 Å². The number of carbonyl (C=O) groups excluding carboxylic acids is 1. The van der Waals surface area contributed by atoms with E-state index >= 15 is 0 Å². The number of aromatic nitrogens is 5. The van der Waals surface area contributed by atoms with Crippen LogP contribution in [0.1, 0.15) is 60.9 Å². The zero-order chi connectivity index (χ0) is 30.9. The number of aryl methyl sites for hydroxylation is 1. The Morgan fingerprint density at radius 3 is 2.47 bits per heavy atom. The van der Waals surface area contributed by atoms with Crippen molar-refractivity contribution in [3.63, 3.8) is 0 Å². The third kappa shape index (κ3) is 6.74. The Bertz CT molecular complexity index is 1630. The second-order valence-corrected chi connectivity index (χ2v) is 10.8. The number of halogens is 5. The first-order valence-electron chi connectivity index (χ1n) is 14.0. The lowest BCUT2D eigenvalue weighted by atomic mass is 9.95. The van der Waals surface area contributed by atoms with E-state index in [0.29, 0.717) is 48.5 Å². The highest BCUT2D eigenvalue weighted by Crippen LogP contribution is 2.30. The van der Waals surface area contributed by atoms with Crippen molar-refractivity contribution in [3.8, 4) is 11.3 Å². The highest BCUT2D eigenvalue weighted by Gasteiger charge is 2.40. The summed E-state index contributed by atoms with van der Waals surface area (Å²) < 4.78 is 68.1. The molecule has 4 aromatic rings. The number of carbonyl (C=O) groups is 1. The van der Waals surface area contributed by atoms with Crippen molar-refractivity contribution in [1.29, 1.82) is 0 Å². The molecule has 0 bridgehead atoms. The van der Waals surface area contributed by atoms with Crippen LogP contribution in [0.25, 0.3) is 16.9 Å². The van der Waals surface area contributed by atoms with Crippen molar-refractivity contribution < 1.29 is 26.7 Å². The number of hydrogen-bond donors (Lipinski definition) is 2. The number of nitrogen functional groups attached to an aromatic ring is 1. The van der Waals surface area contributed by atoms with Crippen molar-refractivity contribution in [2.24, 2.45) is 0 Å². The van der Waals surface area contributed by atoms with Crippen molar-refractivity contribution in [2.75, 3.05) is 30.7 Å². The predicted molar refractivity (Wildman–Crippen MR) is 151 cm³/mol. The number of rotatable bonds is 9. The third-order valence-electron chi connectivity index (χ3n) is 7.55. The van der Waals surface area contributed by atoms with Crippen LogP contribution in [0.4, 0.5) is 33.7 Å². The van der Waals surface area contributed by atoms with E-state index in [9.17, 15) is 26.7 Å². The molecule has 1 saturated heterocycles. The van der Waals surface area contributed by atoms with Crippen LogP contribution in [-0.4, -0.2) is 67.1 Å². The molecule has 5 rings (SSSR count). The number of piperidine rings is 1. The van der Waals surface area contributed by atoms with Gasteiger partial charge in [0.15, 0.2) is 11.5 Å². The molecule has 4 heterocycles. The van der Waals surface area contributed by atoms with E-state index in [0.717, 1.165) is 44.1 Å². The van der Waals surface area contributed by atoms with Crippen LogP contribution in [0.3, 0.4) is 0 Å². The van der Waals surface area contributed by atoms with Gasteiger partial charge in [0.1, 0.15) is 17.5 Å². The number of pyridine rings is 1. The summed E-state index contributed by atoms with van der Waals surface area (Å²) in [5.41, 5.74) is 6.15. The highest BCUT2D eigenvalue weighted by atomic mass is 19.4. The lowest BCUT2D eigenvalue weighted by molar-refractivity contribution is -0.0884. The minimum absolute atomic E-state index is 0.106.